The summed E-state index contributed by atoms with van der Waals surface area (Å²) in [5.41, 5.74) is 1.24. The Morgan fingerprint density at radius 3 is 2.37 bits per heavy atom. The van der Waals surface area contributed by atoms with Gasteiger partial charge in [-0.25, -0.2) is 8.42 Å². The van der Waals surface area contributed by atoms with Gasteiger partial charge in [0.25, 0.3) is 0 Å². The zero-order valence-electron chi connectivity index (χ0n) is 12.5. The van der Waals surface area contributed by atoms with Gasteiger partial charge in [-0.15, -0.1) is 0 Å². The minimum Gasteiger partial charge on any atom is -0.356 e. The largest absolute Gasteiger partial charge is 0.356 e. The number of hydrogen-bond donors (Lipinski definition) is 1. The van der Waals surface area contributed by atoms with Gasteiger partial charge in [-0.2, -0.15) is 0 Å². The Morgan fingerprint density at radius 2 is 1.89 bits per heavy atom. The summed E-state index contributed by atoms with van der Waals surface area (Å²) in [6.45, 7) is 8.70. The van der Waals surface area contributed by atoms with Crippen molar-refractivity contribution >= 4 is 15.7 Å². The summed E-state index contributed by atoms with van der Waals surface area (Å²) in [7, 11) is -2.94. The fraction of sp³-hybridized carbons (Fsp3) is 0.786. The van der Waals surface area contributed by atoms with E-state index in [2.05, 4.69) is 25.2 Å². The first-order valence-electron chi connectivity index (χ1n) is 6.66. The number of allylic oxidation sites excluding steroid dienone is 2. The van der Waals surface area contributed by atoms with E-state index in [1.165, 1.54) is 11.8 Å². The molecule has 1 amide bonds. The first kappa shape index (κ1) is 16.2. The van der Waals surface area contributed by atoms with Crippen molar-refractivity contribution in [1.82, 2.24) is 5.32 Å². The first-order valence-corrected chi connectivity index (χ1v) is 8.72. The lowest BCUT2D eigenvalue weighted by Gasteiger charge is -2.05. The number of carbonyl (C=O) groups is 1. The topological polar surface area (TPSA) is 63.2 Å². The zero-order chi connectivity index (χ0) is 14.8. The molecule has 19 heavy (non-hydrogen) atoms. The molecule has 1 aliphatic carbocycles. The van der Waals surface area contributed by atoms with E-state index in [0.717, 1.165) is 0 Å². The highest BCUT2D eigenvalue weighted by atomic mass is 32.2. The minimum absolute atomic E-state index is 0.0121. The summed E-state index contributed by atoms with van der Waals surface area (Å²) in [6.07, 6.45) is 3.84. The van der Waals surface area contributed by atoms with E-state index in [1.807, 2.05) is 13.8 Å². The smallest absolute Gasteiger partial charge is 0.224 e. The zero-order valence-corrected chi connectivity index (χ0v) is 13.3. The average molecular weight is 287 g/mol. The Labute approximate surface area is 116 Å². The highest BCUT2D eigenvalue weighted by Crippen LogP contribution is 2.59. The minimum atomic E-state index is -2.94. The van der Waals surface area contributed by atoms with Crippen molar-refractivity contribution in [2.24, 2.45) is 17.3 Å². The standard InChI is InChI=1S/C14H25NO3S/c1-10(2)9-11-12(14(11,3)4)13(16)15-7-6-8-19(5,17)18/h9,11-12H,6-8H2,1-5H3,(H,15,16)/t11-,12-/m1/s1. The molecule has 1 N–H and O–H groups in total. The van der Waals surface area contributed by atoms with Crippen molar-refractivity contribution in [3.05, 3.63) is 11.6 Å². The lowest BCUT2D eigenvalue weighted by Crippen LogP contribution is -2.28. The maximum atomic E-state index is 12.0. The van der Waals surface area contributed by atoms with E-state index in [9.17, 15) is 13.2 Å². The van der Waals surface area contributed by atoms with Crippen LogP contribution < -0.4 is 5.32 Å². The molecule has 0 saturated heterocycles. The van der Waals surface area contributed by atoms with E-state index in [4.69, 9.17) is 0 Å². The molecule has 0 spiro atoms. The normalized spacial score (nSPS) is 24.7. The molecule has 0 radical (unpaired) electrons. The van der Waals surface area contributed by atoms with Crippen LogP contribution in [0.2, 0.25) is 0 Å². The van der Waals surface area contributed by atoms with Crippen molar-refractivity contribution in [2.75, 3.05) is 18.6 Å². The third-order valence-electron chi connectivity index (χ3n) is 3.70. The fourth-order valence-electron chi connectivity index (χ4n) is 2.50. The number of sulfone groups is 1. The first-order chi connectivity index (χ1) is 8.55. The molecule has 1 fully saturated rings. The Balaban J connectivity index is 2.42. The van der Waals surface area contributed by atoms with Crippen LogP contribution in [-0.4, -0.2) is 32.9 Å². The molecule has 1 aliphatic rings. The van der Waals surface area contributed by atoms with Crippen molar-refractivity contribution in [2.45, 2.75) is 34.1 Å². The maximum absolute atomic E-state index is 12.0. The lowest BCUT2D eigenvalue weighted by molar-refractivity contribution is -0.123. The van der Waals surface area contributed by atoms with Gasteiger partial charge >= 0.3 is 0 Å². The van der Waals surface area contributed by atoms with E-state index >= 15 is 0 Å². The third kappa shape index (κ3) is 4.64. The van der Waals surface area contributed by atoms with Crippen molar-refractivity contribution in [1.29, 1.82) is 0 Å². The van der Waals surface area contributed by atoms with Crippen molar-refractivity contribution in [3.63, 3.8) is 0 Å². The van der Waals surface area contributed by atoms with Gasteiger partial charge in [0.05, 0.1) is 11.7 Å². The molecular weight excluding hydrogens is 262 g/mol. The molecule has 0 aromatic rings. The van der Waals surface area contributed by atoms with E-state index in [0.29, 0.717) is 18.9 Å². The van der Waals surface area contributed by atoms with Crippen molar-refractivity contribution in [3.8, 4) is 0 Å². The second-order valence-electron chi connectivity index (χ2n) is 6.34. The molecule has 1 saturated carbocycles. The highest BCUT2D eigenvalue weighted by molar-refractivity contribution is 7.90. The molecule has 2 atom stereocenters. The molecule has 1 rings (SSSR count). The summed E-state index contributed by atoms with van der Waals surface area (Å²) >= 11 is 0. The van der Waals surface area contributed by atoms with Gasteiger partial charge in [0.1, 0.15) is 9.84 Å². The van der Waals surface area contributed by atoms with Gasteiger partial charge in [-0.3, -0.25) is 4.79 Å². The number of amides is 1. The molecule has 0 aliphatic heterocycles. The number of carbonyl (C=O) groups excluding carboxylic acids is 1. The third-order valence-corrected chi connectivity index (χ3v) is 4.73. The Hall–Kier alpha value is -0.840. The van der Waals surface area contributed by atoms with Crippen LogP contribution in [-0.2, 0) is 14.6 Å². The van der Waals surface area contributed by atoms with Crippen molar-refractivity contribution < 1.29 is 13.2 Å². The Morgan fingerprint density at radius 1 is 1.32 bits per heavy atom. The van der Waals surface area contributed by atoms with Gasteiger partial charge in [-0.05, 0) is 31.6 Å². The second-order valence-corrected chi connectivity index (χ2v) is 8.60. The van der Waals surface area contributed by atoms with E-state index < -0.39 is 9.84 Å². The van der Waals surface area contributed by atoms with Crippen LogP contribution in [0.25, 0.3) is 0 Å². The Bertz CT molecular complexity index is 473. The summed E-state index contributed by atoms with van der Waals surface area (Å²) in [5.74, 6) is 0.479. The highest BCUT2D eigenvalue weighted by Gasteiger charge is 2.60. The average Bonchev–Trinajstić information content (AvgIpc) is 2.72. The predicted octanol–water partition coefficient (Wildman–Crippen LogP) is 1.78. The summed E-state index contributed by atoms with van der Waals surface area (Å²) in [6, 6.07) is 0. The molecule has 4 nitrogen and oxygen atoms in total. The molecule has 0 heterocycles. The van der Waals surface area contributed by atoms with E-state index in [-0.39, 0.29) is 23.0 Å². The van der Waals surface area contributed by atoms with Crippen LogP contribution in [0.3, 0.4) is 0 Å². The molecule has 0 aromatic carbocycles. The summed E-state index contributed by atoms with van der Waals surface area (Å²) < 4.78 is 22.0. The monoisotopic (exact) mass is 287 g/mol. The molecule has 0 unspecified atom stereocenters. The fourth-order valence-corrected chi connectivity index (χ4v) is 3.17. The van der Waals surface area contributed by atoms with Crippen LogP contribution in [0, 0.1) is 17.3 Å². The quantitative estimate of drug-likeness (QED) is 0.598. The molecule has 5 heteroatoms. The number of rotatable bonds is 6. The van der Waals surface area contributed by atoms with Crippen LogP contribution in [0.5, 0.6) is 0 Å². The molecular formula is C14H25NO3S. The maximum Gasteiger partial charge on any atom is 0.224 e. The SMILES string of the molecule is CC(C)=C[C@@H]1[C@H](C(=O)NCCCS(C)(=O)=O)C1(C)C. The molecule has 0 aromatic heterocycles. The van der Waals surface area contributed by atoms with Gasteiger partial charge in [0, 0.05) is 12.8 Å². The van der Waals surface area contributed by atoms with Gasteiger partial charge in [0.15, 0.2) is 0 Å². The molecule has 0 bridgehead atoms. The second kappa shape index (κ2) is 5.65. The van der Waals surface area contributed by atoms with Crippen LogP contribution in [0.1, 0.15) is 34.1 Å². The Kier molecular flexibility index (Phi) is 4.82. The predicted molar refractivity (Wildman–Crippen MR) is 77.5 cm³/mol. The van der Waals surface area contributed by atoms with Gasteiger partial charge < -0.3 is 5.32 Å². The van der Waals surface area contributed by atoms with Crippen LogP contribution in [0.15, 0.2) is 11.6 Å². The summed E-state index contributed by atoms with van der Waals surface area (Å²) in [4.78, 5) is 12.0. The number of nitrogens with one attached hydrogen (secondary N) is 1. The lowest BCUT2D eigenvalue weighted by atomic mass is 10.1. The van der Waals surface area contributed by atoms with Gasteiger partial charge in [-0.1, -0.05) is 25.5 Å². The van der Waals surface area contributed by atoms with Crippen LogP contribution in [0.4, 0.5) is 0 Å². The van der Waals surface area contributed by atoms with Gasteiger partial charge in [0.2, 0.25) is 5.91 Å². The number of hydrogen-bond acceptors (Lipinski definition) is 3. The summed E-state index contributed by atoms with van der Waals surface area (Å²) in [5, 5.41) is 2.84. The molecule has 110 valence electrons. The van der Waals surface area contributed by atoms with Crippen LogP contribution >= 0.6 is 0 Å². The van der Waals surface area contributed by atoms with E-state index in [1.54, 1.807) is 0 Å².